The molecule has 148 valence electrons. The zero-order valence-corrected chi connectivity index (χ0v) is 16.9. The maximum atomic E-state index is 13.0. The Hall–Kier alpha value is -2.18. The Morgan fingerprint density at radius 2 is 1.96 bits per heavy atom. The van der Waals surface area contributed by atoms with Crippen LogP contribution in [-0.2, 0) is 16.8 Å². The Kier molecular flexibility index (Phi) is 5.02. The van der Waals surface area contributed by atoms with Gasteiger partial charge >= 0.3 is 0 Å². The van der Waals surface area contributed by atoms with Gasteiger partial charge in [0.25, 0.3) is 10.2 Å². The highest BCUT2D eigenvalue weighted by molar-refractivity contribution is 7.86. The van der Waals surface area contributed by atoms with Crippen molar-refractivity contribution in [1.29, 1.82) is 5.26 Å². The molecule has 2 aliphatic heterocycles. The van der Waals surface area contributed by atoms with E-state index in [-0.39, 0.29) is 12.0 Å². The number of nitrogens with zero attached hydrogens (tertiary/aromatic N) is 4. The van der Waals surface area contributed by atoms with Crippen molar-refractivity contribution in [3.8, 4) is 6.07 Å². The van der Waals surface area contributed by atoms with Gasteiger partial charge in [-0.15, -0.1) is 0 Å². The highest BCUT2D eigenvalue weighted by Gasteiger charge is 2.51. The zero-order chi connectivity index (χ0) is 19.9. The second kappa shape index (κ2) is 7.33. The normalized spacial score (nSPS) is 25.9. The van der Waals surface area contributed by atoms with Crippen molar-refractivity contribution in [1.82, 2.24) is 18.5 Å². The second-order valence-electron chi connectivity index (χ2n) is 7.87. The molecule has 1 aromatic heterocycles. The van der Waals surface area contributed by atoms with Crippen LogP contribution >= 0.6 is 0 Å². The lowest BCUT2D eigenvalue weighted by atomic mass is 9.90. The molecule has 0 saturated carbocycles. The number of rotatable bonds is 5. The molecule has 4 rings (SSSR count). The molecule has 2 aliphatic rings. The van der Waals surface area contributed by atoms with Crippen LogP contribution in [0, 0.1) is 23.2 Å². The predicted molar refractivity (Wildman–Crippen MR) is 106 cm³/mol. The van der Waals surface area contributed by atoms with Crippen molar-refractivity contribution in [2.24, 2.45) is 11.8 Å². The van der Waals surface area contributed by atoms with Gasteiger partial charge in [-0.2, -0.15) is 22.3 Å². The summed E-state index contributed by atoms with van der Waals surface area (Å²) in [4.78, 5) is 5.34. The number of nitriles is 1. The average molecular weight is 400 g/mol. The maximum Gasteiger partial charge on any atom is 0.282 e. The minimum absolute atomic E-state index is 0.149. The smallest absolute Gasteiger partial charge is 0.282 e. The first-order valence-corrected chi connectivity index (χ1v) is 10.8. The fraction of sp³-hybridized carbons (Fsp3) is 0.450. The summed E-state index contributed by atoms with van der Waals surface area (Å²) in [6.07, 6.45) is 1.88. The van der Waals surface area contributed by atoms with E-state index in [9.17, 15) is 8.42 Å². The standard InChI is InChI=1S/C20H25N5O2S/c1-23(2)28(26,27)25-13-17-12-24(11-15-8-18(9-21)22-10-15)14-19(17)20(25)16-6-4-3-5-7-16/h3-8,10,17,19-20,22H,11-14H2,1-2H3/t17-,19-,20+/m0/s1. The average Bonchev–Trinajstić information content (AvgIpc) is 3.36. The fourth-order valence-corrected chi connectivity index (χ4v) is 5.96. The van der Waals surface area contributed by atoms with E-state index in [0.29, 0.717) is 18.2 Å². The van der Waals surface area contributed by atoms with Gasteiger partial charge in [-0.25, -0.2) is 0 Å². The number of aromatic amines is 1. The number of fused-ring (bicyclic) bond motifs is 1. The lowest BCUT2D eigenvalue weighted by Crippen LogP contribution is -2.42. The highest BCUT2D eigenvalue weighted by atomic mass is 32.2. The van der Waals surface area contributed by atoms with E-state index in [0.717, 1.165) is 30.8 Å². The molecule has 3 atom stereocenters. The van der Waals surface area contributed by atoms with Gasteiger partial charge in [-0.05, 0) is 29.0 Å². The Morgan fingerprint density at radius 3 is 2.61 bits per heavy atom. The minimum Gasteiger partial charge on any atom is -0.353 e. The Bertz CT molecular complexity index is 980. The second-order valence-corrected chi connectivity index (χ2v) is 9.96. The summed E-state index contributed by atoms with van der Waals surface area (Å²) in [5.41, 5.74) is 2.71. The third-order valence-corrected chi connectivity index (χ3v) is 7.76. The summed E-state index contributed by atoms with van der Waals surface area (Å²) < 4.78 is 28.9. The lowest BCUT2D eigenvalue weighted by Gasteiger charge is -2.31. The number of aromatic nitrogens is 1. The van der Waals surface area contributed by atoms with Gasteiger partial charge in [0.15, 0.2) is 0 Å². The zero-order valence-electron chi connectivity index (χ0n) is 16.1. The topological polar surface area (TPSA) is 83.4 Å². The highest BCUT2D eigenvalue weighted by Crippen LogP contribution is 2.46. The van der Waals surface area contributed by atoms with Crippen molar-refractivity contribution < 1.29 is 8.42 Å². The monoisotopic (exact) mass is 399 g/mol. The molecule has 0 aliphatic carbocycles. The summed E-state index contributed by atoms with van der Waals surface area (Å²) in [7, 11) is -0.298. The molecule has 0 radical (unpaired) electrons. The van der Waals surface area contributed by atoms with Crippen molar-refractivity contribution in [2.45, 2.75) is 12.6 Å². The summed E-state index contributed by atoms with van der Waals surface area (Å²) in [5.74, 6) is 0.556. The molecule has 28 heavy (non-hydrogen) atoms. The fourth-order valence-electron chi connectivity index (χ4n) is 4.59. The summed E-state index contributed by atoms with van der Waals surface area (Å²) in [5, 5.41) is 8.99. The number of hydrogen-bond acceptors (Lipinski definition) is 4. The third-order valence-electron chi connectivity index (χ3n) is 5.87. The van der Waals surface area contributed by atoms with E-state index in [1.807, 2.05) is 42.6 Å². The molecular formula is C20H25N5O2S. The molecule has 0 bridgehead atoms. The van der Waals surface area contributed by atoms with Crippen LogP contribution in [0.15, 0.2) is 42.6 Å². The van der Waals surface area contributed by atoms with Crippen LogP contribution in [0.4, 0.5) is 0 Å². The molecule has 0 unspecified atom stereocenters. The molecule has 1 N–H and O–H groups in total. The van der Waals surface area contributed by atoms with Gasteiger partial charge < -0.3 is 4.98 Å². The first kappa shape index (κ1) is 19.2. The summed E-state index contributed by atoms with van der Waals surface area (Å²) >= 11 is 0. The van der Waals surface area contributed by atoms with Gasteiger partial charge in [0.2, 0.25) is 0 Å². The molecule has 0 spiro atoms. The van der Waals surface area contributed by atoms with Crippen molar-refractivity contribution in [3.63, 3.8) is 0 Å². The van der Waals surface area contributed by atoms with Crippen molar-refractivity contribution in [3.05, 3.63) is 59.4 Å². The first-order valence-electron chi connectivity index (χ1n) is 9.44. The third kappa shape index (κ3) is 3.35. The molecule has 8 heteroatoms. The van der Waals surface area contributed by atoms with E-state index in [1.54, 1.807) is 18.4 Å². The van der Waals surface area contributed by atoms with E-state index < -0.39 is 10.2 Å². The number of nitrogens with one attached hydrogen (secondary N) is 1. The summed E-state index contributed by atoms with van der Waals surface area (Å²) in [6, 6.07) is 13.8. The van der Waals surface area contributed by atoms with Gasteiger partial charge in [0.05, 0.1) is 6.04 Å². The van der Waals surface area contributed by atoms with E-state index in [2.05, 4.69) is 16.0 Å². The van der Waals surface area contributed by atoms with Crippen LogP contribution in [0.5, 0.6) is 0 Å². The van der Waals surface area contributed by atoms with Crippen LogP contribution in [0.3, 0.4) is 0 Å². The molecule has 2 aromatic rings. The van der Waals surface area contributed by atoms with Gasteiger partial charge in [-0.1, -0.05) is 30.3 Å². The van der Waals surface area contributed by atoms with Gasteiger partial charge in [0.1, 0.15) is 11.8 Å². The molecule has 2 saturated heterocycles. The predicted octanol–water partition coefficient (Wildman–Crippen LogP) is 1.80. The molecule has 2 fully saturated rings. The number of hydrogen-bond donors (Lipinski definition) is 1. The number of likely N-dealkylation sites (tertiary alicyclic amines) is 1. The van der Waals surface area contributed by atoms with Crippen molar-refractivity contribution in [2.75, 3.05) is 33.7 Å². The van der Waals surface area contributed by atoms with E-state index >= 15 is 0 Å². The van der Waals surface area contributed by atoms with Crippen LogP contribution in [-0.4, -0.2) is 60.6 Å². The number of H-pyrrole nitrogens is 1. The quantitative estimate of drug-likeness (QED) is 0.831. The lowest BCUT2D eigenvalue weighted by molar-refractivity contribution is 0.254. The maximum absolute atomic E-state index is 13.0. The van der Waals surface area contributed by atoms with E-state index in [1.165, 1.54) is 4.31 Å². The first-order chi connectivity index (χ1) is 13.4. The largest absolute Gasteiger partial charge is 0.353 e. The minimum atomic E-state index is -3.49. The van der Waals surface area contributed by atoms with Crippen LogP contribution < -0.4 is 0 Å². The SMILES string of the molecule is CN(C)S(=O)(=O)N1C[C@@H]2CN(Cc3c[nH]c(C#N)c3)C[C@@H]2[C@H]1c1ccccc1. The molecule has 7 nitrogen and oxygen atoms in total. The molecule has 0 amide bonds. The Morgan fingerprint density at radius 1 is 1.21 bits per heavy atom. The van der Waals surface area contributed by atoms with Crippen molar-refractivity contribution >= 4 is 10.2 Å². The Labute approximate surface area is 166 Å². The van der Waals surface area contributed by atoms with Crippen LogP contribution in [0.2, 0.25) is 0 Å². The molecule has 3 heterocycles. The Balaban J connectivity index is 1.58. The summed E-state index contributed by atoms with van der Waals surface area (Å²) in [6.45, 7) is 3.02. The molecular weight excluding hydrogens is 374 g/mol. The van der Waals surface area contributed by atoms with Gasteiger partial charge in [-0.3, -0.25) is 4.90 Å². The van der Waals surface area contributed by atoms with E-state index in [4.69, 9.17) is 5.26 Å². The molecule has 1 aromatic carbocycles. The van der Waals surface area contributed by atoms with Gasteiger partial charge in [0, 0.05) is 46.5 Å². The van der Waals surface area contributed by atoms with Crippen LogP contribution in [0.1, 0.15) is 22.9 Å². The van der Waals surface area contributed by atoms with Crippen LogP contribution in [0.25, 0.3) is 0 Å². The number of benzene rings is 1.